The fourth-order valence-electron chi connectivity index (χ4n) is 4.63. The lowest BCUT2D eigenvalue weighted by Gasteiger charge is -2.30. The number of fused-ring (bicyclic) bond motifs is 2. The number of hydrogen-bond acceptors (Lipinski definition) is 5. The van der Waals surface area contributed by atoms with Crippen molar-refractivity contribution < 1.29 is 24.2 Å². The van der Waals surface area contributed by atoms with E-state index in [1.54, 1.807) is 18.2 Å². The maximum absolute atomic E-state index is 12.8. The topological polar surface area (TPSA) is 122 Å². The molecule has 2 fully saturated rings. The first kappa shape index (κ1) is 18.5. The average Bonchev–Trinajstić information content (AvgIpc) is 3.30. The number of carbonyl (C=O) groups is 3. The first-order valence-electron chi connectivity index (χ1n) is 9.44. The van der Waals surface area contributed by atoms with E-state index < -0.39 is 23.7 Å². The first-order valence-corrected chi connectivity index (χ1v) is 9.44. The molecule has 0 spiro atoms. The highest BCUT2D eigenvalue weighted by molar-refractivity contribution is 6.02. The molecule has 2 aliphatic carbocycles. The molecule has 148 valence electrons. The van der Waals surface area contributed by atoms with Crippen molar-refractivity contribution in [2.24, 2.45) is 29.4 Å². The molecular formula is C20H23N3O5. The maximum atomic E-state index is 12.8. The van der Waals surface area contributed by atoms with Crippen molar-refractivity contribution in [3.05, 3.63) is 35.9 Å². The summed E-state index contributed by atoms with van der Waals surface area (Å²) in [5.41, 5.74) is 7.02. The Morgan fingerprint density at radius 2 is 1.79 bits per heavy atom. The van der Waals surface area contributed by atoms with Crippen LogP contribution < -0.4 is 16.0 Å². The number of carboxylic acids is 1. The molecule has 1 saturated carbocycles. The summed E-state index contributed by atoms with van der Waals surface area (Å²) in [5.74, 6) is -3.33. The van der Waals surface area contributed by atoms with Crippen molar-refractivity contribution in [2.75, 3.05) is 36.5 Å². The fraction of sp³-hybridized carbons (Fsp3) is 0.450. The van der Waals surface area contributed by atoms with E-state index in [0.29, 0.717) is 49.7 Å². The molecule has 1 aromatic rings. The van der Waals surface area contributed by atoms with Gasteiger partial charge in [-0.3, -0.25) is 14.4 Å². The molecule has 1 aliphatic heterocycles. The Morgan fingerprint density at radius 3 is 2.43 bits per heavy atom. The molecule has 0 unspecified atom stereocenters. The van der Waals surface area contributed by atoms with E-state index in [9.17, 15) is 19.5 Å². The summed E-state index contributed by atoms with van der Waals surface area (Å²) in [6.07, 6.45) is 4.53. The number of ether oxygens (including phenoxy) is 1. The van der Waals surface area contributed by atoms with Gasteiger partial charge in [-0.25, -0.2) is 0 Å². The van der Waals surface area contributed by atoms with Gasteiger partial charge in [-0.15, -0.1) is 0 Å². The van der Waals surface area contributed by atoms with Crippen molar-refractivity contribution in [3.8, 4) is 0 Å². The largest absolute Gasteiger partial charge is 0.481 e. The van der Waals surface area contributed by atoms with Crippen LogP contribution in [0.15, 0.2) is 30.4 Å². The number of nitrogens with one attached hydrogen (secondary N) is 1. The van der Waals surface area contributed by atoms with Crippen molar-refractivity contribution in [1.29, 1.82) is 0 Å². The third kappa shape index (κ3) is 3.24. The van der Waals surface area contributed by atoms with Crippen molar-refractivity contribution in [3.63, 3.8) is 0 Å². The summed E-state index contributed by atoms with van der Waals surface area (Å²) in [6.45, 7) is 2.46. The van der Waals surface area contributed by atoms with Gasteiger partial charge in [0.15, 0.2) is 0 Å². The number of carbonyl (C=O) groups excluding carboxylic acids is 2. The number of rotatable bonds is 5. The molecule has 4 atom stereocenters. The molecule has 1 heterocycles. The molecule has 28 heavy (non-hydrogen) atoms. The Labute approximate surface area is 162 Å². The standard InChI is InChI=1S/C20H23N3O5/c21-18(24)14-10-13(3-4-15(14)23-5-7-28-8-6-23)22-19(25)16-11-1-2-12(9-11)17(16)20(26)27/h1-4,10-12,16-17H,5-9H2,(H2,21,24)(H,22,25)(H,26,27)/t11-,12+,16-,17+/m1/s1. The molecule has 8 heteroatoms. The van der Waals surface area contributed by atoms with Gasteiger partial charge in [0.1, 0.15) is 0 Å². The Balaban J connectivity index is 1.55. The van der Waals surface area contributed by atoms with Crippen LogP contribution in [0.1, 0.15) is 16.8 Å². The number of morpholine rings is 1. The summed E-state index contributed by atoms with van der Waals surface area (Å²) < 4.78 is 5.34. The number of aliphatic carboxylic acids is 1. The minimum Gasteiger partial charge on any atom is -0.481 e. The highest BCUT2D eigenvalue weighted by Gasteiger charge is 2.51. The van der Waals surface area contributed by atoms with E-state index in [1.165, 1.54) is 0 Å². The van der Waals surface area contributed by atoms with Crippen LogP contribution in [0, 0.1) is 23.7 Å². The van der Waals surface area contributed by atoms with Gasteiger partial charge >= 0.3 is 5.97 Å². The third-order valence-corrected chi connectivity index (χ3v) is 5.93. The van der Waals surface area contributed by atoms with E-state index in [-0.39, 0.29) is 17.7 Å². The molecule has 2 amide bonds. The van der Waals surface area contributed by atoms with Crippen molar-refractivity contribution in [2.45, 2.75) is 6.42 Å². The van der Waals surface area contributed by atoms with E-state index >= 15 is 0 Å². The zero-order valence-electron chi connectivity index (χ0n) is 15.3. The van der Waals surface area contributed by atoms with Gasteiger partial charge in [-0.1, -0.05) is 12.2 Å². The minimum atomic E-state index is -0.947. The lowest BCUT2D eigenvalue weighted by Crippen LogP contribution is -2.38. The monoisotopic (exact) mass is 385 g/mol. The third-order valence-electron chi connectivity index (χ3n) is 5.93. The van der Waals surface area contributed by atoms with Crippen molar-refractivity contribution in [1.82, 2.24) is 0 Å². The fourth-order valence-corrected chi connectivity index (χ4v) is 4.63. The number of hydrogen-bond donors (Lipinski definition) is 3. The number of nitrogens with zero attached hydrogens (tertiary/aromatic N) is 1. The lowest BCUT2D eigenvalue weighted by atomic mass is 9.82. The van der Waals surface area contributed by atoms with Crippen LogP contribution in [-0.2, 0) is 14.3 Å². The number of benzene rings is 1. The Bertz CT molecular complexity index is 846. The summed E-state index contributed by atoms with van der Waals surface area (Å²) in [4.78, 5) is 38.5. The van der Waals surface area contributed by atoms with Crippen LogP contribution >= 0.6 is 0 Å². The summed E-state index contributed by atoms with van der Waals surface area (Å²) >= 11 is 0. The number of primary amides is 1. The second-order valence-corrected chi connectivity index (χ2v) is 7.52. The number of allylic oxidation sites excluding steroid dienone is 2. The van der Waals surface area contributed by atoms with Crippen LogP contribution in [0.5, 0.6) is 0 Å². The molecule has 0 radical (unpaired) electrons. The molecule has 1 saturated heterocycles. The SMILES string of the molecule is NC(=O)c1cc(NC(=O)[C@H]2[C@@H](C(=O)O)[C@H]3C=C[C@@H]2C3)ccc1N1CCOCC1. The molecule has 4 N–H and O–H groups in total. The zero-order valence-corrected chi connectivity index (χ0v) is 15.3. The molecular weight excluding hydrogens is 362 g/mol. The van der Waals surface area contributed by atoms with Gasteiger partial charge in [0.05, 0.1) is 30.6 Å². The summed E-state index contributed by atoms with van der Waals surface area (Å²) in [6, 6.07) is 5.04. The van der Waals surface area contributed by atoms with Crippen LogP contribution in [-0.4, -0.2) is 49.2 Å². The Hall–Kier alpha value is -2.87. The second-order valence-electron chi connectivity index (χ2n) is 7.52. The molecule has 1 aromatic carbocycles. The predicted octanol–water partition coefficient (Wildman–Crippen LogP) is 1.08. The van der Waals surface area contributed by atoms with Gasteiger partial charge < -0.3 is 25.8 Å². The Kier molecular flexibility index (Phi) is 4.80. The molecule has 3 aliphatic rings. The second kappa shape index (κ2) is 7.27. The Morgan fingerprint density at radius 1 is 1.11 bits per heavy atom. The number of carboxylic acid groups (broad SMARTS) is 1. The van der Waals surface area contributed by atoms with Gasteiger partial charge in [0.25, 0.3) is 5.91 Å². The quantitative estimate of drug-likeness (QED) is 0.652. The van der Waals surface area contributed by atoms with Crippen LogP contribution in [0.2, 0.25) is 0 Å². The summed E-state index contributed by atoms with van der Waals surface area (Å²) in [7, 11) is 0. The van der Waals surface area contributed by atoms with E-state index in [1.807, 2.05) is 17.1 Å². The molecule has 8 nitrogen and oxygen atoms in total. The van der Waals surface area contributed by atoms with Crippen molar-refractivity contribution >= 4 is 29.2 Å². The predicted molar refractivity (Wildman–Crippen MR) is 102 cm³/mol. The highest BCUT2D eigenvalue weighted by atomic mass is 16.5. The zero-order chi connectivity index (χ0) is 19.8. The van der Waals surface area contributed by atoms with E-state index in [0.717, 1.165) is 0 Å². The number of amides is 2. The molecule has 0 aromatic heterocycles. The summed E-state index contributed by atoms with van der Waals surface area (Å²) in [5, 5.41) is 12.3. The van der Waals surface area contributed by atoms with Crippen LogP contribution in [0.4, 0.5) is 11.4 Å². The van der Waals surface area contributed by atoms with E-state index in [2.05, 4.69) is 5.32 Å². The van der Waals surface area contributed by atoms with E-state index in [4.69, 9.17) is 10.5 Å². The smallest absolute Gasteiger partial charge is 0.307 e. The molecule has 2 bridgehead atoms. The minimum absolute atomic E-state index is 0.0608. The maximum Gasteiger partial charge on any atom is 0.307 e. The van der Waals surface area contributed by atoms with Crippen LogP contribution in [0.3, 0.4) is 0 Å². The number of nitrogens with two attached hydrogens (primary N) is 1. The normalized spacial score (nSPS) is 28.4. The first-order chi connectivity index (χ1) is 13.5. The molecule has 4 rings (SSSR count). The van der Waals surface area contributed by atoms with Gasteiger partial charge in [0, 0.05) is 24.5 Å². The van der Waals surface area contributed by atoms with Gasteiger partial charge in [0.2, 0.25) is 5.91 Å². The van der Waals surface area contributed by atoms with Gasteiger partial charge in [-0.05, 0) is 36.5 Å². The number of anilines is 2. The highest BCUT2D eigenvalue weighted by Crippen LogP contribution is 2.48. The average molecular weight is 385 g/mol. The lowest BCUT2D eigenvalue weighted by molar-refractivity contribution is -0.146. The van der Waals surface area contributed by atoms with Crippen LogP contribution in [0.25, 0.3) is 0 Å². The van der Waals surface area contributed by atoms with Gasteiger partial charge in [-0.2, -0.15) is 0 Å².